The van der Waals surface area contributed by atoms with Gasteiger partial charge in [-0.05, 0) is 55.5 Å². The van der Waals surface area contributed by atoms with E-state index in [1.165, 1.54) is 4.57 Å². The standard InChI is InChI=1S/C24H18ClN3O3/c1-15(26-27-23(30)16-11-13-17(25)14-12-16)21-22(29)19-9-5-6-10-20(19)28(24(21)31)18-7-3-2-4-8-18/h2-14,29H,1H3,(H,27,30). The van der Waals surface area contributed by atoms with Gasteiger partial charge in [0.1, 0.15) is 11.3 Å². The summed E-state index contributed by atoms with van der Waals surface area (Å²) in [6.07, 6.45) is 0. The molecule has 0 bridgehead atoms. The second kappa shape index (κ2) is 8.45. The van der Waals surface area contributed by atoms with Gasteiger partial charge in [-0.3, -0.25) is 14.2 Å². The summed E-state index contributed by atoms with van der Waals surface area (Å²) < 4.78 is 1.52. The number of benzene rings is 3. The Hall–Kier alpha value is -3.90. The predicted octanol–water partition coefficient (Wildman–Crippen LogP) is 4.50. The Morgan fingerprint density at radius 1 is 0.968 bits per heavy atom. The lowest BCUT2D eigenvalue weighted by molar-refractivity contribution is 0.0955. The molecule has 3 aromatic carbocycles. The molecule has 0 fully saturated rings. The zero-order valence-corrected chi connectivity index (χ0v) is 17.3. The van der Waals surface area contributed by atoms with Crippen LogP contribution in [0.5, 0.6) is 5.75 Å². The van der Waals surface area contributed by atoms with Crippen LogP contribution in [0.15, 0.2) is 88.8 Å². The first-order valence-electron chi connectivity index (χ1n) is 9.50. The minimum atomic E-state index is -0.459. The molecule has 6 nitrogen and oxygen atoms in total. The molecule has 1 aromatic heterocycles. The van der Waals surface area contributed by atoms with E-state index in [0.717, 1.165) is 0 Å². The number of nitrogens with one attached hydrogen (secondary N) is 1. The third kappa shape index (κ3) is 3.93. The average molecular weight is 432 g/mol. The molecule has 0 radical (unpaired) electrons. The molecule has 31 heavy (non-hydrogen) atoms. The molecule has 0 atom stereocenters. The van der Waals surface area contributed by atoms with Crippen molar-refractivity contribution in [3.05, 3.63) is 105 Å². The van der Waals surface area contributed by atoms with E-state index < -0.39 is 11.5 Å². The van der Waals surface area contributed by atoms with Crippen molar-refractivity contribution in [2.45, 2.75) is 6.92 Å². The van der Waals surface area contributed by atoms with Crippen molar-refractivity contribution in [2.75, 3.05) is 0 Å². The number of nitrogens with zero attached hydrogens (tertiary/aromatic N) is 2. The molecule has 0 aliphatic rings. The average Bonchev–Trinajstić information content (AvgIpc) is 2.79. The van der Waals surface area contributed by atoms with Crippen molar-refractivity contribution in [3.8, 4) is 11.4 Å². The Morgan fingerprint density at radius 2 is 1.61 bits per heavy atom. The number of rotatable bonds is 4. The number of aromatic nitrogens is 1. The highest BCUT2D eigenvalue weighted by molar-refractivity contribution is 6.30. The van der Waals surface area contributed by atoms with Gasteiger partial charge in [-0.1, -0.05) is 41.9 Å². The third-order valence-corrected chi connectivity index (χ3v) is 5.11. The second-order valence-electron chi connectivity index (χ2n) is 6.86. The maximum absolute atomic E-state index is 13.4. The number of para-hydroxylation sites is 2. The van der Waals surface area contributed by atoms with Gasteiger partial charge in [0.05, 0.1) is 11.2 Å². The molecule has 0 saturated heterocycles. The van der Waals surface area contributed by atoms with Crippen LogP contribution in [0.25, 0.3) is 16.6 Å². The number of hydrogen-bond acceptors (Lipinski definition) is 4. The van der Waals surface area contributed by atoms with Crippen LogP contribution in [0.3, 0.4) is 0 Å². The summed E-state index contributed by atoms with van der Waals surface area (Å²) in [7, 11) is 0. The van der Waals surface area contributed by atoms with Crippen LogP contribution in [-0.2, 0) is 0 Å². The van der Waals surface area contributed by atoms with Crippen LogP contribution in [0.2, 0.25) is 5.02 Å². The Bertz CT molecular complexity index is 1360. The highest BCUT2D eigenvalue weighted by Crippen LogP contribution is 2.28. The SMILES string of the molecule is CC(=NNC(=O)c1ccc(Cl)cc1)c1c(O)c2ccccc2n(-c2ccccc2)c1=O. The van der Waals surface area contributed by atoms with E-state index in [0.29, 0.717) is 27.2 Å². The van der Waals surface area contributed by atoms with E-state index in [2.05, 4.69) is 10.5 Å². The van der Waals surface area contributed by atoms with Gasteiger partial charge in [-0.2, -0.15) is 5.10 Å². The monoisotopic (exact) mass is 431 g/mol. The lowest BCUT2D eigenvalue weighted by Crippen LogP contribution is -2.27. The molecular weight excluding hydrogens is 414 g/mol. The highest BCUT2D eigenvalue weighted by atomic mass is 35.5. The fraction of sp³-hybridized carbons (Fsp3) is 0.0417. The quantitative estimate of drug-likeness (QED) is 0.368. The minimum absolute atomic E-state index is 0.0129. The van der Waals surface area contributed by atoms with Crippen LogP contribution in [0, 0.1) is 0 Å². The van der Waals surface area contributed by atoms with Crippen molar-refractivity contribution in [1.29, 1.82) is 0 Å². The van der Waals surface area contributed by atoms with Gasteiger partial charge >= 0.3 is 0 Å². The smallest absolute Gasteiger partial charge is 0.271 e. The number of pyridine rings is 1. The number of amides is 1. The van der Waals surface area contributed by atoms with Crippen molar-refractivity contribution in [1.82, 2.24) is 9.99 Å². The zero-order valence-electron chi connectivity index (χ0n) is 16.5. The second-order valence-corrected chi connectivity index (χ2v) is 7.30. The van der Waals surface area contributed by atoms with E-state index in [1.807, 2.05) is 30.3 Å². The van der Waals surface area contributed by atoms with Gasteiger partial charge < -0.3 is 5.11 Å². The van der Waals surface area contributed by atoms with E-state index in [-0.39, 0.29) is 17.0 Å². The molecule has 0 spiro atoms. The van der Waals surface area contributed by atoms with E-state index >= 15 is 0 Å². The van der Waals surface area contributed by atoms with Gasteiger partial charge in [0, 0.05) is 21.7 Å². The molecule has 4 rings (SSSR count). The Labute approximate surface area is 183 Å². The lowest BCUT2D eigenvalue weighted by atomic mass is 10.1. The van der Waals surface area contributed by atoms with Crippen LogP contribution >= 0.6 is 11.6 Å². The van der Waals surface area contributed by atoms with E-state index in [9.17, 15) is 14.7 Å². The summed E-state index contributed by atoms with van der Waals surface area (Å²) in [6.45, 7) is 1.56. The largest absolute Gasteiger partial charge is 0.506 e. The van der Waals surface area contributed by atoms with E-state index in [4.69, 9.17) is 11.6 Å². The summed E-state index contributed by atoms with van der Waals surface area (Å²) in [5, 5.41) is 15.9. The fourth-order valence-electron chi connectivity index (χ4n) is 3.34. The molecular formula is C24H18ClN3O3. The van der Waals surface area contributed by atoms with Crippen LogP contribution in [-0.4, -0.2) is 21.3 Å². The highest BCUT2D eigenvalue weighted by Gasteiger charge is 2.19. The van der Waals surface area contributed by atoms with Crippen LogP contribution < -0.4 is 11.0 Å². The third-order valence-electron chi connectivity index (χ3n) is 4.86. The Morgan fingerprint density at radius 3 is 2.32 bits per heavy atom. The van der Waals surface area contributed by atoms with Gasteiger partial charge in [0.2, 0.25) is 0 Å². The molecule has 0 aliphatic heterocycles. The number of halogens is 1. The Balaban J connectivity index is 1.82. The predicted molar refractivity (Wildman–Crippen MR) is 122 cm³/mol. The maximum atomic E-state index is 13.4. The van der Waals surface area contributed by atoms with Crippen molar-refractivity contribution >= 4 is 34.1 Å². The molecule has 0 aliphatic carbocycles. The minimum Gasteiger partial charge on any atom is -0.506 e. The summed E-state index contributed by atoms with van der Waals surface area (Å²) in [5.74, 6) is -0.644. The first-order chi connectivity index (χ1) is 15.0. The first-order valence-corrected chi connectivity index (χ1v) is 9.88. The molecule has 1 heterocycles. The molecule has 154 valence electrons. The maximum Gasteiger partial charge on any atom is 0.271 e. The molecule has 4 aromatic rings. The van der Waals surface area contributed by atoms with Gasteiger partial charge in [-0.15, -0.1) is 0 Å². The molecule has 7 heteroatoms. The number of hydrogen-bond donors (Lipinski definition) is 2. The number of carbonyl (C=O) groups is 1. The van der Waals surface area contributed by atoms with Crippen molar-refractivity contribution in [2.24, 2.45) is 5.10 Å². The molecule has 0 unspecified atom stereocenters. The number of hydrazone groups is 1. The van der Waals surface area contributed by atoms with Gasteiger partial charge in [0.25, 0.3) is 11.5 Å². The Kier molecular flexibility index (Phi) is 5.56. The zero-order chi connectivity index (χ0) is 22.0. The fourth-order valence-corrected chi connectivity index (χ4v) is 3.47. The summed E-state index contributed by atoms with van der Waals surface area (Å²) >= 11 is 5.85. The molecule has 1 amide bonds. The number of aromatic hydroxyl groups is 1. The summed E-state index contributed by atoms with van der Waals surface area (Å²) in [6, 6.07) is 22.5. The van der Waals surface area contributed by atoms with Gasteiger partial charge in [-0.25, -0.2) is 5.43 Å². The van der Waals surface area contributed by atoms with Crippen LogP contribution in [0.4, 0.5) is 0 Å². The summed E-state index contributed by atoms with van der Waals surface area (Å²) in [4.78, 5) is 25.7. The molecule has 0 saturated carbocycles. The first kappa shape index (κ1) is 20.4. The topological polar surface area (TPSA) is 83.7 Å². The van der Waals surface area contributed by atoms with Crippen LogP contribution in [0.1, 0.15) is 22.8 Å². The normalized spacial score (nSPS) is 11.5. The van der Waals surface area contributed by atoms with Gasteiger partial charge in [0.15, 0.2) is 0 Å². The van der Waals surface area contributed by atoms with Crippen molar-refractivity contribution in [3.63, 3.8) is 0 Å². The number of fused-ring (bicyclic) bond motifs is 1. The van der Waals surface area contributed by atoms with E-state index in [1.54, 1.807) is 55.5 Å². The van der Waals surface area contributed by atoms with Crippen molar-refractivity contribution < 1.29 is 9.90 Å². The lowest BCUT2D eigenvalue weighted by Gasteiger charge is -2.15. The number of carbonyl (C=O) groups excluding carboxylic acids is 1. The summed E-state index contributed by atoms with van der Waals surface area (Å²) in [5.41, 5.74) is 3.77. The molecule has 2 N–H and O–H groups in total.